The summed E-state index contributed by atoms with van der Waals surface area (Å²) in [5.41, 5.74) is 3.33. The summed E-state index contributed by atoms with van der Waals surface area (Å²) in [5.74, 6) is 0.458. The molecule has 0 spiro atoms. The number of hydrogen-bond acceptors (Lipinski definition) is 5. The Balaban J connectivity index is 1.35. The third-order valence-corrected chi connectivity index (χ3v) is 9.48. The van der Waals surface area contributed by atoms with E-state index in [1.54, 1.807) is 42.9 Å². The van der Waals surface area contributed by atoms with Crippen molar-refractivity contribution in [3.8, 4) is 11.1 Å². The fourth-order valence-corrected chi connectivity index (χ4v) is 7.24. The molecule has 4 aromatic rings. The van der Waals surface area contributed by atoms with Crippen LogP contribution in [-0.4, -0.2) is 51.6 Å². The Bertz CT molecular complexity index is 1400. The summed E-state index contributed by atoms with van der Waals surface area (Å²) in [5, 5.41) is 7.79. The molecular weight excluding hydrogens is 458 g/mol. The molecule has 8 heteroatoms. The lowest BCUT2D eigenvalue weighted by Gasteiger charge is -2.39. The van der Waals surface area contributed by atoms with Crippen molar-refractivity contribution < 1.29 is 8.42 Å². The first-order valence-electron chi connectivity index (χ1n) is 12.7. The van der Waals surface area contributed by atoms with Gasteiger partial charge in [-0.15, -0.1) is 0 Å². The number of nitrogens with one attached hydrogen (secondary N) is 1. The normalized spacial score (nSPS) is 21.9. The van der Waals surface area contributed by atoms with Gasteiger partial charge < -0.3 is 4.90 Å². The maximum absolute atomic E-state index is 13.5. The summed E-state index contributed by atoms with van der Waals surface area (Å²) in [4.78, 5) is 7.68. The van der Waals surface area contributed by atoms with E-state index in [1.165, 1.54) is 54.7 Å². The molecule has 2 aliphatic rings. The smallest absolute Gasteiger partial charge is 0.269 e. The van der Waals surface area contributed by atoms with Gasteiger partial charge in [0.05, 0.1) is 11.1 Å². The molecule has 0 radical (unpaired) electrons. The number of likely N-dealkylation sites (tertiary alicyclic amines) is 1. The number of aromatic nitrogens is 4. The minimum atomic E-state index is -3.78. The molecule has 7 nitrogen and oxygen atoms in total. The summed E-state index contributed by atoms with van der Waals surface area (Å²) < 4.78 is 28.3. The van der Waals surface area contributed by atoms with Gasteiger partial charge in [0.2, 0.25) is 0 Å². The highest BCUT2D eigenvalue weighted by Crippen LogP contribution is 2.38. The van der Waals surface area contributed by atoms with Crippen molar-refractivity contribution in [1.29, 1.82) is 0 Å². The summed E-state index contributed by atoms with van der Waals surface area (Å²) >= 11 is 0. The molecule has 6 rings (SSSR count). The lowest BCUT2D eigenvalue weighted by Crippen LogP contribution is -2.41. The van der Waals surface area contributed by atoms with Crippen LogP contribution in [0, 0.1) is 0 Å². The summed E-state index contributed by atoms with van der Waals surface area (Å²) in [7, 11) is -3.78. The molecule has 0 atom stereocenters. The molecule has 1 aliphatic heterocycles. The lowest BCUT2D eigenvalue weighted by atomic mass is 9.81. The van der Waals surface area contributed by atoms with Crippen molar-refractivity contribution in [2.24, 2.45) is 0 Å². The van der Waals surface area contributed by atoms with E-state index < -0.39 is 10.0 Å². The number of rotatable bonds is 5. The third-order valence-electron chi connectivity index (χ3n) is 7.82. The van der Waals surface area contributed by atoms with Crippen molar-refractivity contribution in [2.75, 3.05) is 13.1 Å². The van der Waals surface area contributed by atoms with Crippen LogP contribution in [0.3, 0.4) is 0 Å². The Hall–Kier alpha value is -2.97. The lowest BCUT2D eigenvalue weighted by molar-refractivity contribution is 0.125. The molecule has 1 aliphatic carbocycles. The summed E-state index contributed by atoms with van der Waals surface area (Å²) in [6.45, 7) is 2.50. The second-order valence-corrected chi connectivity index (χ2v) is 11.7. The van der Waals surface area contributed by atoms with Crippen LogP contribution in [0.2, 0.25) is 0 Å². The van der Waals surface area contributed by atoms with Crippen LogP contribution < -0.4 is 0 Å². The van der Waals surface area contributed by atoms with E-state index >= 15 is 0 Å². The Kier molecular flexibility index (Phi) is 5.94. The van der Waals surface area contributed by atoms with Crippen LogP contribution in [0.5, 0.6) is 0 Å². The van der Waals surface area contributed by atoms with Crippen LogP contribution in [0.4, 0.5) is 0 Å². The summed E-state index contributed by atoms with van der Waals surface area (Å²) in [6, 6.07) is 11.4. The SMILES string of the molecule is O=S(=O)(c1ccccc1)n1cc(-c2cn[nH]c2)c2cc(C3CCC(N4CCCCC4)CC3)cnc21. The first-order valence-corrected chi connectivity index (χ1v) is 14.1. The molecule has 0 unspecified atom stereocenters. The third kappa shape index (κ3) is 4.19. The topological polar surface area (TPSA) is 83.9 Å². The number of aromatic amines is 1. The standard InChI is InChI=1S/C27H31N5O2S/c33-35(34,24-7-3-1-4-8-24)32-19-26(22-17-29-30-18-22)25-15-21(16-28-27(25)32)20-9-11-23(12-10-20)31-13-5-2-6-14-31/h1,3-4,7-8,15-20,23H,2,5-6,9-14H2,(H,29,30). The van der Waals surface area contributed by atoms with Gasteiger partial charge in [0.1, 0.15) is 0 Å². The van der Waals surface area contributed by atoms with Crippen molar-refractivity contribution in [2.45, 2.75) is 61.8 Å². The van der Waals surface area contributed by atoms with Crippen LogP contribution >= 0.6 is 0 Å². The number of pyridine rings is 1. The Morgan fingerprint density at radius 3 is 2.43 bits per heavy atom. The zero-order valence-electron chi connectivity index (χ0n) is 19.8. The van der Waals surface area contributed by atoms with Gasteiger partial charge in [-0.25, -0.2) is 17.4 Å². The molecule has 3 aromatic heterocycles. The van der Waals surface area contributed by atoms with Gasteiger partial charge in [0, 0.05) is 41.1 Å². The van der Waals surface area contributed by atoms with E-state index in [4.69, 9.17) is 4.98 Å². The van der Waals surface area contributed by atoms with E-state index in [0.717, 1.165) is 29.4 Å². The van der Waals surface area contributed by atoms with Crippen LogP contribution in [0.25, 0.3) is 22.2 Å². The molecule has 1 saturated heterocycles. The van der Waals surface area contributed by atoms with Crippen LogP contribution in [0.15, 0.2) is 66.1 Å². The molecule has 0 bridgehead atoms. The number of nitrogens with zero attached hydrogens (tertiary/aromatic N) is 4. The largest absolute Gasteiger partial charge is 0.300 e. The van der Waals surface area contributed by atoms with Gasteiger partial charge >= 0.3 is 0 Å². The van der Waals surface area contributed by atoms with E-state index in [2.05, 4.69) is 21.2 Å². The predicted molar refractivity (Wildman–Crippen MR) is 137 cm³/mol. The molecule has 1 aromatic carbocycles. The molecule has 1 N–H and O–H groups in total. The molecule has 4 heterocycles. The van der Waals surface area contributed by atoms with E-state index in [-0.39, 0.29) is 4.90 Å². The number of hydrogen-bond donors (Lipinski definition) is 1. The Labute approximate surface area is 206 Å². The fraction of sp³-hybridized carbons (Fsp3) is 0.407. The Morgan fingerprint density at radius 2 is 1.71 bits per heavy atom. The van der Waals surface area contributed by atoms with Crippen molar-refractivity contribution in [3.63, 3.8) is 0 Å². The highest BCUT2D eigenvalue weighted by atomic mass is 32.2. The predicted octanol–water partition coefficient (Wildman–Crippen LogP) is 5.18. The molecule has 35 heavy (non-hydrogen) atoms. The zero-order chi connectivity index (χ0) is 23.8. The molecule has 2 fully saturated rings. The van der Waals surface area contributed by atoms with Gasteiger partial charge in [-0.1, -0.05) is 24.6 Å². The second kappa shape index (κ2) is 9.24. The summed E-state index contributed by atoms with van der Waals surface area (Å²) in [6.07, 6.45) is 15.9. The molecule has 182 valence electrons. The molecule has 0 amide bonds. The van der Waals surface area contributed by atoms with Gasteiger partial charge in [-0.3, -0.25) is 5.10 Å². The number of H-pyrrole nitrogens is 1. The highest BCUT2D eigenvalue weighted by molar-refractivity contribution is 7.90. The molecular formula is C27H31N5O2S. The van der Waals surface area contributed by atoms with Gasteiger partial charge in [-0.2, -0.15) is 5.10 Å². The Morgan fingerprint density at radius 1 is 0.943 bits per heavy atom. The first kappa shape index (κ1) is 22.5. The highest BCUT2D eigenvalue weighted by Gasteiger charge is 2.29. The maximum atomic E-state index is 13.5. The number of fused-ring (bicyclic) bond motifs is 1. The number of piperidine rings is 1. The van der Waals surface area contributed by atoms with Gasteiger partial charge in [0.25, 0.3) is 10.0 Å². The average molecular weight is 490 g/mol. The van der Waals surface area contributed by atoms with E-state index in [0.29, 0.717) is 17.6 Å². The van der Waals surface area contributed by atoms with E-state index in [9.17, 15) is 8.42 Å². The second-order valence-electron chi connectivity index (χ2n) is 9.89. The molecule has 1 saturated carbocycles. The van der Waals surface area contributed by atoms with E-state index in [1.807, 2.05) is 12.3 Å². The number of benzene rings is 1. The zero-order valence-corrected chi connectivity index (χ0v) is 20.6. The van der Waals surface area contributed by atoms with Gasteiger partial charge in [0.15, 0.2) is 5.65 Å². The van der Waals surface area contributed by atoms with Gasteiger partial charge in [-0.05, 0) is 81.3 Å². The quantitative estimate of drug-likeness (QED) is 0.418. The van der Waals surface area contributed by atoms with Crippen molar-refractivity contribution in [3.05, 3.63) is 66.7 Å². The van der Waals surface area contributed by atoms with Crippen LogP contribution in [0.1, 0.15) is 56.4 Å². The minimum absolute atomic E-state index is 0.248. The van der Waals surface area contributed by atoms with Crippen LogP contribution in [-0.2, 0) is 10.0 Å². The van der Waals surface area contributed by atoms with Crippen molar-refractivity contribution in [1.82, 2.24) is 24.1 Å². The minimum Gasteiger partial charge on any atom is -0.300 e. The average Bonchev–Trinajstić information content (AvgIpc) is 3.58. The fourth-order valence-electron chi connectivity index (χ4n) is 5.89. The van der Waals surface area contributed by atoms with Crippen molar-refractivity contribution >= 4 is 21.1 Å². The maximum Gasteiger partial charge on any atom is 0.269 e. The monoisotopic (exact) mass is 489 g/mol. The first-order chi connectivity index (χ1) is 17.1.